The van der Waals surface area contributed by atoms with E-state index >= 15 is 0 Å². The molecule has 0 atom stereocenters. The van der Waals surface area contributed by atoms with Crippen molar-refractivity contribution >= 4 is 11.8 Å². The fourth-order valence-electron chi connectivity index (χ4n) is 1.89. The highest BCUT2D eigenvalue weighted by Gasteiger charge is 2.15. The fourth-order valence-corrected chi connectivity index (χ4v) is 1.89. The second-order valence-electron chi connectivity index (χ2n) is 4.22. The summed E-state index contributed by atoms with van der Waals surface area (Å²) in [6.45, 7) is 0. The van der Waals surface area contributed by atoms with Crippen molar-refractivity contribution in [3.8, 4) is 17.2 Å². The van der Waals surface area contributed by atoms with E-state index in [1.807, 2.05) is 0 Å². The number of anilines is 2. The standard InChI is InChI=1S/C14H18N4O4/c1-20-9-5-7(6-10(21-2)11(9)22-3)4-8-12(15)17-14(16)18-13(8)19/h5-6H,4H2,1-3H3,(H5,15,16,17,18,19)/i1D3,2D3,3D3. The summed E-state index contributed by atoms with van der Waals surface area (Å²) in [7, 11) is -9.20. The van der Waals surface area contributed by atoms with E-state index in [1.165, 1.54) is 0 Å². The molecule has 0 saturated carbocycles. The Morgan fingerprint density at radius 2 is 1.82 bits per heavy atom. The lowest BCUT2D eigenvalue weighted by Crippen LogP contribution is -2.19. The van der Waals surface area contributed by atoms with E-state index in [4.69, 9.17) is 38.0 Å². The smallest absolute Gasteiger partial charge is 0.257 e. The van der Waals surface area contributed by atoms with Gasteiger partial charge in [0.25, 0.3) is 5.56 Å². The second-order valence-corrected chi connectivity index (χ2v) is 4.22. The van der Waals surface area contributed by atoms with Gasteiger partial charge >= 0.3 is 0 Å². The number of nitrogens with two attached hydrogens (primary N) is 2. The zero-order valence-corrected chi connectivity index (χ0v) is 11.1. The lowest BCUT2D eigenvalue weighted by molar-refractivity contribution is 0.324. The molecule has 118 valence electrons. The first-order valence-electron chi connectivity index (χ1n) is 10.3. The minimum absolute atomic E-state index is 0.0710. The van der Waals surface area contributed by atoms with Gasteiger partial charge in [0.15, 0.2) is 11.5 Å². The molecule has 0 spiro atoms. The van der Waals surface area contributed by atoms with Crippen LogP contribution in [0.1, 0.15) is 23.5 Å². The molecule has 2 aromatic rings. The topological polar surface area (TPSA) is 125 Å². The fraction of sp³-hybridized carbons (Fsp3) is 0.286. The lowest BCUT2D eigenvalue weighted by atomic mass is 10.1. The molecule has 0 aliphatic rings. The first-order chi connectivity index (χ1) is 13.9. The van der Waals surface area contributed by atoms with Crippen LogP contribution in [0, 0.1) is 0 Å². The van der Waals surface area contributed by atoms with Gasteiger partial charge in [-0.15, -0.1) is 0 Å². The van der Waals surface area contributed by atoms with E-state index in [0.717, 1.165) is 12.1 Å². The summed E-state index contributed by atoms with van der Waals surface area (Å²) < 4.78 is 79.9. The quantitative estimate of drug-likeness (QED) is 0.735. The van der Waals surface area contributed by atoms with Crippen LogP contribution in [-0.4, -0.2) is 31.1 Å². The van der Waals surface area contributed by atoms with Crippen molar-refractivity contribution in [1.82, 2.24) is 9.97 Å². The van der Waals surface area contributed by atoms with E-state index in [0.29, 0.717) is 0 Å². The minimum Gasteiger partial charge on any atom is -0.493 e. The molecule has 0 unspecified atom stereocenters. The van der Waals surface area contributed by atoms with Gasteiger partial charge in [-0.1, -0.05) is 0 Å². The molecule has 0 amide bonds. The number of nitrogens with one attached hydrogen (secondary N) is 1. The van der Waals surface area contributed by atoms with Crippen LogP contribution in [0.4, 0.5) is 11.8 Å². The molecular weight excluding hydrogens is 288 g/mol. The zero-order valence-electron chi connectivity index (χ0n) is 20.1. The van der Waals surface area contributed by atoms with Crippen LogP contribution in [-0.2, 0) is 6.42 Å². The molecule has 0 fully saturated rings. The summed E-state index contributed by atoms with van der Waals surface area (Å²) in [4.78, 5) is 18.1. The molecule has 0 radical (unpaired) electrons. The van der Waals surface area contributed by atoms with Crippen molar-refractivity contribution in [2.45, 2.75) is 6.42 Å². The highest BCUT2D eigenvalue weighted by Crippen LogP contribution is 2.38. The van der Waals surface area contributed by atoms with Gasteiger partial charge in [-0.2, -0.15) is 4.98 Å². The molecule has 5 N–H and O–H groups in total. The van der Waals surface area contributed by atoms with Crippen LogP contribution in [0.2, 0.25) is 0 Å². The molecule has 8 nitrogen and oxygen atoms in total. The van der Waals surface area contributed by atoms with Crippen molar-refractivity contribution < 1.29 is 26.5 Å². The van der Waals surface area contributed by atoms with Crippen LogP contribution in [0.3, 0.4) is 0 Å². The van der Waals surface area contributed by atoms with Crippen LogP contribution in [0.25, 0.3) is 0 Å². The SMILES string of the molecule is [2H]C([2H])([2H])Oc1cc(Cc2c(N)nc(N)[nH]c2=O)cc(OC([2H])([2H])[2H])c1OC([2H])([2H])[2H]. The number of benzene rings is 1. The van der Waals surface area contributed by atoms with E-state index in [1.54, 1.807) is 0 Å². The normalized spacial score (nSPS) is 18.1. The average molecular weight is 315 g/mol. The predicted molar refractivity (Wildman–Crippen MR) is 82.6 cm³/mol. The number of hydrogen-bond donors (Lipinski definition) is 3. The first kappa shape index (κ1) is 7.39. The summed E-state index contributed by atoms with van der Waals surface area (Å²) in [5.74, 6) is -2.52. The number of ether oxygens (including phenoxy) is 3. The third-order valence-electron chi connectivity index (χ3n) is 2.85. The first-order valence-corrected chi connectivity index (χ1v) is 5.82. The number of hydrogen-bond acceptors (Lipinski definition) is 7. The zero-order chi connectivity index (χ0) is 23.8. The van der Waals surface area contributed by atoms with Crippen molar-refractivity contribution in [2.75, 3.05) is 32.6 Å². The average Bonchev–Trinajstić information content (AvgIpc) is 2.50. The van der Waals surface area contributed by atoms with Gasteiger partial charge in [0.2, 0.25) is 11.7 Å². The third kappa shape index (κ3) is 2.90. The molecular formula is C14H18N4O4. The summed E-state index contributed by atoms with van der Waals surface area (Å²) in [5.41, 5.74) is 10.4. The van der Waals surface area contributed by atoms with Gasteiger partial charge in [0.1, 0.15) is 5.82 Å². The third-order valence-corrected chi connectivity index (χ3v) is 2.85. The highest BCUT2D eigenvalue weighted by atomic mass is 16.5. The Labute approximate surface area is 139 Å². The number of aromatic amines is 1. The van der Waals surface area contributed by atoms with E-state index in [2.05, 4.69) is 9.97 Å². The van der Waals surface area contributed by atoms with Crippen molar-refractivity contribution in [2.24, 2.45) is 0 Å². The second kappa shape index (κ2) is 6.25. The predicted octanol–water partition coefficient (Wildman–Crippen LogP) is 0.551. The van der Waals surface area contributed by atoms with E-state index in [-0.39, 0.29) is 29.3 Å². The van der Waals surface area contributed by atoms with Crippen LogP contribution >= 0.6 is 0 Å². The summed E-state index contributed by atoms with van der Waals surface area (Å²) in [5, 5.41) is 0. The van der Waals surface area contributed by atoms with E-state index < -0.39 is 43.9 Å². The van der Waals surface area contributed by atoms with Crippen molar-refractivity contribution in [1.29, 1.82) is 0 Å². The Balaban J connectivity index is 2.68. The van der Waals surface area contributed by atoms with E-state index in [9.17, 15) is 4.79 Å². The van der Waals surface area contributed by atoms with Gasteiger partial charge in [-0.05, 0) is 17.7 Å². The Morgan fingerprint density at radius 3 is 2.36 bits per heavy atom. The summed E-state index contributed by atoms with van der Waals surface area (Å²) >= 11 is 0. The van der Waals surface area contributed by atoms with Gasteiger partial charge in [0, 0.05) is 6.42 Å². The van der Waals surface area contributed by atoms with Crippen molar-refractivity contribution in [3.05, 3.63) is 33.6 Å². The van der Waals surface area contributed by atoms with Crippen LogP contribution in [0.5, 0.6) is 17.2 Å². The Bertz CT molecular complexity index is 978. The lowest BCUT2D eigenvalue weighted by Gasteiger charge is -2.14. The van der Waals surface area contributed by atoms with Gasteiger partial charge in [-0.25, -0.2) is 0 Å². The molecule has 8 heteroatoms. The number of methoxy groups -OCH3 is 3. The number of H-pyrrole nitrogens is 1. The number of nitrogens with zero attached hydrogens (tertiary/aromatic N) is 1. The summed E-state index contributed by atoms with van der Waals surface area (Å²) in [6.07, 6.45) is -0.281. The monoisotopic (exact) mass is 315 g/mol. The number of nitrogen functional groups attached to an aromatic ring is 2. The molecule has 0 aliphatic carbocycles. The summed E-state index contributed by atoms with van der Waals surface area (Å²) in [6, 6.07) is 2.10. The number of aromatic nitrogens is 2. The largest absolute Gasteiger partial charge is 0.493 e. The molecule has 22 heavy (non-hydrogen) atoms. The Morgan fingerprint density at radius 1 is 1.18 bits per heavy atom. The minimum atomic E-state index is -3.09. The molecule has 1 heterocycles. The van der Waals surface area contributed by atoms with Gasteiger partial charge < -0.3 is 25.7 Å². The van der Waals surface area contributed by atoms with Gasteiger partial charge in [0.05, 0.1) is 39.0 Å². The molecule has 0 saturated heterocycles. The Hall–Kier alpha value is -2.90. The maximum atomic E-state index is 12.2. The molecule has 2 rings (SSSR count). The van der Waals surface area contributed by atoms with Crippen molar-refractivity contribution in [3.63, 3.8) is 0 Å². The van der Waals surface area contributed by atoms with Crippen LogP contribution < -0.4 is 31.2 Å². The maximum absolute atomic E-state index is 12.2. The Kier molecular flexibility index (Phi) is 2.10. The van der Waals surface area contributed by atoms with Crippen LogP contribution in [0.15, 0.2) is 16.9 Å². The molecule has 0 bridgehead atoms. The number of rotatable bonds is 5. The maximum Gasteiger partial charge on any atom is 0.257 e. The molecule has 1 aromatic carbocycles. The highest BCUT2D eigenvalue weighted by molar-refractivity contribution is 5.55. The van der Waals surface area contributed by atoms with Gasteiger partial charge in [-0.3, -0.25) is 9.78 Å². The molecule has 0 aliphatic heterocycles. The molecule has 1 aromatic heterocycles.